The molecule has 16 heavy (non-hydrogen) atoms. The zero-order valence-corrected chi connectivity index (χ0v) is 9.32. The highest BCUT2D eigenvalue weighted by atomic mass is 35.5. The molecule has 1 heterocycles. The average Bonchev–Trinajstić information content (AvgIpc) is 2.33. The monoisotopic (exact) mass is 234 g/mol. The van der Waals surface area contributed by atoms with Gasteiger partial charge in [-0.3, -0.25) is 0 Å². The van der Waals surface area contributed by atoms with Gasteiger partial charge in [0.15, 0.2) is 0 Å². The summed E-state index contributed by atoms with van der Waals surface area (Å²) >= 11 is 5.90. The smallest absolute Gasteiger partial charge is 0.219 e. The second-order valence-electron chi connectivity index (χ2n) is 3.20. The summed E-state index contributed by atoms with van der Waals surface area (Å²) in [5.74, 6) is 1.23. The summed E-state index contributed by atoms with van der Waals surface area (Å²) in [6.07, 6.45) is 0. The normalized spacial score (nSPS) is 10.1. The topological polar surface area (TPSA) is 48.1 Å². The lowest BCUT2D eigenvalue weighted by atomic mass is 10.3. The first-order valence-electron chi connectivity index (χ1n) is 4.88. The average molecular weight is 235 g/mol. The van der Waals surface area contributed by atoms with Crippen LogP contribution in [0, 0.1) is 0 Å². The molecule has 0 saturated heterocycles. The minimum absolute atomic E-state index is 0.296. The van der Waals surface area contributed by atoms with Crippen LogP contribution in [0.1, 0.15) is 5.69 Å². The second kappa shape index (κ2) is 4.96. The van der Waals surface area contributed by atoms with Gasteiger partial charge in [0.1, 0.15) is 5.75 Å². The molecule has 1 aromatic heterocycles. The molecule has 0 bridgehead atoms. The van der Waals surface area contributed by atoms with Crippen LogP contribution in [0.25, 0.3) is 0 Å². The van der Waals surface area contributed by atoms with Gasteiger partial charge in [0.2, 0.25) is 5.88 Å². The molecule has 0 aliphatic rings. The third kappa shape index (κ3) is 2.51. The number of pyridine rings is 1. The van der Waals surface area contributed by atoms with Crippen molar-refractivity contribution in [2.24, 2.45) is 5.73 Å². The maximum Gasteiger partial charge on any atom is 0.219 e. The van der Waals surface area contributed by atoms with Gasteiger partial charge in [-0.1, -0.05) is 29.8 Å². The maximum atomic E-state index is 5.90. The predicted molar refractivity (Wildman–Crippen MR) is 63.7 cm³/mol. The molecule has 0 unspecified atom stereocenters. The van der Waals surface area contributed by atoms with Crippen LogP contribution in [0.5, 0.6) is 11.6 Å². The molecule has 1 aromatic carbocycles. The fraction of sp³-hybridized carbons (Fsp3) is 0.0833. The van der Waals surface area contributed by atoms with E-state index in [1.807, 2.05) is 30.3 Å². The van der Waals surface area contributed by atoms with E-state index in [0.717, 1.165) is 5.75 Å². The Morgan fingerprint density at radius 3 is 2.56 bits per heavy atom. The molecular formula is C12H11ClN2O. The van der Waals surface area contributed by atoms with E-state index in [1.54, 1.807) is 12.1 Å². The molecule has 0 amide bonds. The summed E-state index contributed by atoms with van der Waals surface area (Å²) in [7, 11) is 0. The summed E-state index contributed by atoms with van der Waals surface area (Å²) in [6, 6.07) is 12.9. The van der Waals surface area contributed by atoms with Gasteiger partial charge in [-0.05, 0) is 18.2 Å². The van der Waals surface area contributed by atoms with Crippen molar-refractivity contribution in [1.29, 1.82) is 0 Å². The van der Waals surface area contributed by atoms with Gasteiger partial charge in [-0.2, -0.15) is 0 Å². The van der Waals surface area contributed by atoms with Gasteiger partial charge < -0.3 is 10.5 Å². The number of halogens is 1. The quantitative estimate of drug-likeness (QED) is 0.888. The van der Waals surface area contributed by atoms with Gasteiger partial charge in [0.05, 0.1) is 10.7 Å². The summed E-state index contributed by atoms with van der Waals surface area (Å²) in [5, 5.41) is 0.558. The second-order valence-corrected chi connectivity index (χ2v) is 3.60. The Hall–Kier alpha value is -1.58. The van der Waals surface area contributed by atoms with E-state index in [0.29, 0.717) is 23.1 Å². The van der Waals surface area contributed by atoms with E-state index >= 15 is 0 Å². The minimum Gasteiger partial charge on any atom is -0.439 e. The number of hydrogen-bond acceptors (Lipinski definition) is 3. The zero-order chi connectivity index (χ0) is 11.4. The van der Waals surface area contributed by atoms with Crippen molar-refractivity contribution >= 4 is 11.6 Å². The van der Waals surface area contributed by atoms with Gasteiger partial charge in [0, 0.05) is 12.6 Å². The van der Waals surface area contributed by atoms with Crippen LogP contribution < -0.4 is 10.5 Å². The molecule has 2 rings (SSSR count). The highest BCUT2D eigenvalue weighted by Gasteiger charge is 2.03. The van der Waals surface area contributed by atoms with Crippen LogP contribution >= 0.6 is 11.6 Å². The van der Waals surface area contributed by atoms with Crippen LogP contribution in [0.3, 0.4) is 0 Å². The van der Waals surface area contributed by atoms with Gasteiger partial charge in [-0.25, -0.2) is 4.98 Å². The molecule has 0 aliphatic heterocycles. The fourth-order valence-corrected chi connectivity index (χ4v) is 1.46. The largest absolute Gasteiger partial charge is 0.439 e. The number of rotatable bonds is 3. The van der Waals surface area contributed by atoms with E-state index in [1.165, 1.54) is 0 Å². The molecule has 2 aromatic rings. The van der Waals surface area contributed by atoms with E-state index < -0.39 is 0 Å². The number of nitrogens with two attached hydrogens (primary N) is 1. The van der Waals surface area contributed by atoms with Crippen molar-refractivity contribution in [1.82, 2.24) is 4.98 Å². The molecule has 0 atom stereocenters. The Bertz CT molecular complexity index is 474. The Morgan fingerprint density at radius 2 is 1.88 bits per heavy atom. The van der Waals surface area contributed by atoms with E-state index in [9.17, 15) is 0 Å². The maximum absolute atomic E-state index is 5.90. The first-order chi connectivity index (χ1) is 7.79. The van der Waals surface area contributed by atoms with E-state index in [2.05, 4.69) is 4.98 Å². The van der Waals surface area contributed by atoms with E-state index in [-0.39, 0.29) is 0 Å². The van der Waals surface area contributed by atoms with Crippen LogP contribution in [0.2, 0.25) is 5.02 Å². The lowest BCUT2D eigenvalue weighted by Crippen LogP contribution is -2.01. The number of nitrogens with zero attached hydrogens (tertiary/aromatic N) is 1. The molecule has 2 N–H and O–H groups in total. The zero-order valence-electron chi connectivity index (χ0n) is 8.56. The summed E-state index contributed by atoms with van der Waals surface area (Å²) < 4.78 is 5.55. The molecule has 0 radical (unpaired) electrons. The van der Waals surface area contributed by atoms with Gasteiger partial charge >= 0.3 is 0 Å². The lowest BCUT2D eigenvalue weighted by molar-refractivity contribution is 0.461. The van der Waals surface area contributed by atoms with Crippen molar-refractivity contribution < 1.29 is 4.74 Å². The number of benzene rings is 1. The summed E-state index contributed by atoms with van der Waals surface area (Å²) in [5.41, 5.74) is 6.14. The molecule has 0 spiro atoms. The van der Waals surface area contributed by atoms with Crippen LogP contribution in [0.4, 0.5) is 0 Å². The van der Waals surface area contributed by atoms with Crippen LogP contribution in [0.15, 0.2) is 42.5 Å². The first kappa shape index (κ1) is 10.9. The Balaban J connectivity index is 2.22. The number of aromatic nitrogens is 1. The summed E-state index contributed by atoms with van der Waals surface area (Å²) in [6.45, 7) is 0.296. The highest BCUT2D eigenvalue weighted by Crippen LogP contribution is 2.22. The van der Waals surface area contributed by atoms with Crippen LogP contribution in [-0.2, 0) is 6.54 Å². The summed E-state index contributed by atoms with van der Waals surface area (Å²) in [4.78, 5) is 4.21. The third-order valence-electron chi connectivity index (χ3n) is 2.05. The van der Waals surface area contributed by atoms with Crippen molar-refractivity contribution in [3.05, 3.63) is 53.2 Å². The first-order valence-corrected chi connectivity index (χ1v) is 5.26. The van der Waals surface area contributed by atoms with Crippen LogP contribution in [-0.4, -0.2) is 4.98 Å². The molecule has 0 saturated carbocycles. The molecular weight excluding hydrogens is 224 g/mol. The third-order valence-corrected chi connectivity index (χ3v) is 2.40. The Morgan fingerprint density at radius 1 is 1.12 bits per heavy atom. The highest BCUT2D eigenvalue weighted by molar-refractivity contribution is 6.31. The molecule has 0 aliphatic carbocycles. The number of hydrogen-bond donors (Lipinski definition) is 1. The van der Waals surface area contributed by atoms with Crippen molar-refractivity contribution in [3.63, 3.8) is 0 Å². The molecule has 0 fully saturated rings. The standard InChI is InChI=1S/C12H11ClN2O/c13-10-6-7-12(15-11(10)8-14)16-9-4-2-1-3-5-9/h1-7H,8,14H2. The minimum atomic E-state index is 0.296. The SMILES string of the molecule is NCc1nc(Oc2ccccc2)ccc1Cl. The fourth-order valence-electron chi connectivity index (χ4n) is 1.27. The Labute approximate surface area is 98.8 Å². The van der Waals surface area contributed by atoms with Crippen molar-refractivity contribution in [2.75, 3.05) is 0 Å². The predicted octanol–water partition coefficient (Wildman–Crippen LogP) is 2.99. The van der Waals surface area contributed by atoms with E-state index in [4.69, 9.17) is 22.1 Å². The molecule has 4 heteroatoms. The number of ether oxygens (including phenoxy) is 1. The van der Waals surface area contributed by atoms with Crippen molar-refractivity contribution in [3.8, 4) is 11.6 Å². The van der Waals surface area contributed by atoms with Gasteiger partial charge in [-0.15, -0.1) is 0 Å². The Kier molecular flexibility index (Phi) is 3.39. The van der Waals surface area contributed by atoms with Crippen molar-refractivity contribution in [2.45, 2.75) is 6.54 Å². The molecule has 3 nitrogen and oxygen atoms in total. The lowest BCUT2D eigenvalue weighted by Gasteiger charge is -2.06. The molecule has 82 valence electrons. The van der Waals surface area contributed by atoms with Gasteiger partial charge in [0.25, 0.3) is 0 Å². The number of para-hydroxylation sites is 1.